The van der Waals surface area contributed by atoms with Gasteiger partial charge >= 0.3 is 0 Å². The second-order valence-electron chi connectivity index (χ2n) is 2.78. The summed E-state index contributed by atoms with van der Waals surface area (Å²) in [5.74, 6) is 0. The van der Waals surface area contributed by atoms with Gasteiger partial charge in [-0.05, 0) is 22.9 Å². The van der Waals surface area contributed by atoms with E-state index in [1.807, 2.05) is 18.2 Å². The van der Waals surface area contributed by atoms with E-state index in [4.69, 9.17) is 5.73 Å². The van der Waals surface area contributed by atoms with Crippen LogP contribution in [0.3, 0.4) is 0 Å². The molecule has 1 aromatic rings. The van der Waals surface area contributed by atoms with Crippen molar-refractivity contribution in [3.8, 4) is 0 Å². The minimum absolute atomic E-state index is 0. The summed E-state index contributed by atoms with van der Waals surface area (Å²) in [6.07, 6.45) is 0. The van der Waals surface area contributed by atoms with Crippen molar-refractivity contribution >= 4 is 27.3 Å². The number of anilines is 1. The third-order valence-corrected chi connectivity index (χ3v) is 4.31. The maximum Gasteiger partial charge on any atom is 0.220 e. The number of hydrogen-bond acceptors (Lipinski definition) is 4. The Kier molecular flexibility index (Phi) is 5.11. The molecule has 14 heavy (non-hydrogen) atoms. The van der Waals surface area contributed by atoms with Crippen LogP contribution in [-0.2, 0) is 0 Å². The number of nitrogens with two attached hydrogens (primary N) is 2. The summed E-state index contributed by atoms with van der Waals surface area (Å²) in [6, 6.07) is 10.2. The average Bonchev–Trinajstić information content (AvgIpc) is 2.53. The lowest BCUT2D eigenvalue weighted by Gasteiger charge is -2.09. The normalized spacial score (nSPS) is 25.5. The predicted octanol–water partition coefficient (Wildman–Crippen LogP) is -2.41. The van der Waals surface area contributed by atoms with Crippen LogP contribution in [-0.4, -0.2) is 11.0 Å². The molecule has 0 spiro atoms. The van der Waals surface area contributed by atoms with Crippen LogP contribution < -0.4 is 33.3 Å². The van der Waals surface area contributed by atoms with Gasteiger partial charge in [-0.2, -0.15) is 0 Å². The van der Waals surface area contributed by atoms with Crippen LogP contribution >= 0.6 is 21.6 Å². The average molecular weight is 294 g/mol. The number of halogens is 1. The lowest BCUT2D eigenvalue weighted by atomic mass is 10.3. The maximum absolute atomic E-state index is 5.73. The summed E-state index contributed by atoms with van der Waals surface area (Å²) >= 11 is 0. The number of rotatable bonds is 2. The van der Waals surface area contributed by atoms with Gasteiger partial charge in [-0.3, -0.25) is 11.1 Å². The number of hydrogen-bond donors (Lipinski definition) is 3. The predicted molar refractivity (Wildman–Crippen MR) is 58.9 cm³/mol. The molecular formula is C8H12BrN3S2. The fraction of sp³-hybridized carbons (Fsp3) is 0.250. The largest absolute Gasteiger partial charge is 1.00 e. The summed E-state index contributed by atoms with van der Waals surface area (Å²) in [5, 5.41) is 5.49. The Bertz CT molecular complexity index is 273. The van der Waals surface area contributed by atoms with E-state index in [1.165, 1.54) is 0 Å². The Morgan fingerprint density at radius 2 is 1.93 bits per heavy atom. The van der Waals surface area contributed by atoms with Gasteiger partial charge < -0.3 is 22.3 Å². The molecule has 1 aliphatic heterocycles. The summed E-state index contributed by atoms with van der Waals surface area (Å²) in [7, 11) is 3.47. The third-order valence-electron chi connectivity index (χ3n) is 1.72. The highest BCUT2D eigenvalue weighted by Crippen LogP contribution is 2.29. The fourth-order valence-corrected chi connectivity index (χ4v) is 3.39. The molecule has 78 valence electrons. The second kappa shape index (κ2) is 5.87. The van der Waals surface area contributed by atoms with Crippen molar-refractivity contribution in [2.45, 2.75) is 11.0 Å². The highest BCUT2D eigenvalue weighted by Gasteiger charge is 2.26. The molecular weight excluding hydrogens is 282 g/mol. The van der Waals surface area contributed by atoms with Gasteiger partial charge in [-0.1, -0.05) is 18.2 Å². The maximum atomic E-state index is 5.73. The summed E-state index contributed by atoms with van der Waals surface area (Å²) in [6.45, 7) is 0. The molecule has 1 heterocycles. The van der Waals surface area contributed by atoms with Gasteiger partial charge in [-0.25, -0.2) is 0 Å². The number of benzene rings is 1. The first-order valence-corrected chi connectivity index (χ1v) is 6.36. The van der Waals surface area contributed by atoms with Crippen molar-refractivity contribution in [1.82, 2.24) is 0 Å². The van der Waals surface area contributed by atoms with Crippen LogP contribution in [0, 0.1) is 0 Å². The SMILES string of the molecule is NC1[NH2+]C(Nc2ccccc2)SS1.[Br-]. The summed E-state index contributed by atoms with van der Waals surface area (Å²) in [4.78, 5) is 0. The van der Waals surface area contributed by atoms with Crippen molar-refractivity contribution in [1.29, 1.82) is 0 Å². The molecule has 0 saturated carbocycles. The van der Waals surface area contributed by atoms with Crippen molar-refractivity contribution in [2.75, 3.05) is 5.32 Å². The third kappa shape index (κ3) is 3.36. The van der Waals surface area contributed by atoms with E-state index in [1.54, 1.807) is 21.6 Å². The zero-order valence-electron chi connectivity index (χ0n) is 7.39. The fourth-order valence-electron chi connectivity index (χ4n) is 1.13. The first kappa shape index (κ1) is 12.2. The van der Waals surface area contributed by atoms with Gasteiger partial charge in [0.1, 0.15) is 0 Å². The van der Waals surface area contributed by atoms with Crippen LogP contribution in [0.5, 0.6) is 0 Å². The quantitative estimate of drug-likeness (QED) is 0.532. The summed E-state index contributed by atoms with van der Waals surface area (Å²) < 4.78 is 0. The van der Waals surface area contributed by atoms with E-state index < -0.39 is 0 Å². The van der Waals surface area contributed by atoms with Crippen LogP contribution in [0.4, 0.5) is 5.69 Å². The van der Waals surface area contributed by atoms with Crippen LogP contribution in [0.25, 0.3) is 0 Å². The lowest BCUT2D eigenvalue weighted by Crippen LogP contribution is -3.00. The van der Waals surface area contributed by atoms with Crippen LogP contribution in [0.15, 0.2) is 30.3 Å². The molecule has 0 aliphatic carbocycles. The van der Waals surface area contributed by atoms with Gasteiger partial charge in [0.2, 0.25) is 5.50 Å². The zero-order valence-corrected chi connectivity index (χ0v) is 10.6. The Balaban J connectivity index is 0.000000980. The molecule has 0 aromatic heterocycles. The van der Waals surface area contributed by atoms with Crippen LogP contribution in [0.1, 0.15) is 0 Å². The molecule has 2 unspecified atom stereocenters. The second-order valence-corrected chi connectivity index (χ2v) is 5.37. The molecule has 2 atom stereocenters. The van der Waals surface area contributed by atoms with E-state index in [-0.39, 0.29) is 22.5 Å². The standard InChI is InChI=1S/C8H11N3S2.BrH/c9-7-11-8(13-12-7)10-6-4-2-1-3-5-6;/h1-5,7-8,10-11H,9H2;1H. The summed E-state index contributed by atoms with van der Waals surface area (Å²) in [5.41, 5.74) is 7.36. The molecule has 6 heteroatoms. The van der Waals surface area contributed by atoms with Gasteiger partial charge in [0.25, 0.3) is 0 Å². The number of nitrogens with one attached hydrogen (secondary N) is 1. The van der Waals surface area contributed by atoms with Gasteiger partial charge in [-0.15, -0.1) is 0 Å². The van der Waals surface area contributed by atoms with Crippen LogP contribution in [0.2, 0.25) is 0 Å². The molecule has 2 rings (SSSR count). The Morgan fingerprint density at radius 1 is 1.21 bits per heavy atom. The molecule has 5 N–H and O–H groups in total. The molecule has 1 aromatic carbocycles. The molecule has 0 bridgehead atoms. The molecule has 0 radical (unpaired) electrons. The lowest BCUT2D eigenvalue weighted by molar-refractivity contribution is -0.671. The molecule has 1 saturated heterocycles. The van der Waals surface area contributed by atoms with E-state index in [0.717, 1.165) is 5.69 Å². The minimum Gasteiger partial charge on any atom is -1.00 e. The highest BCUT2D eigenvalue weighted by molar-refractivity contribution is 8.77. The van der Waals surface area contributed by atoms with Gasteiger partial charge in [0.15, 0.2) is 5.50 Å². The number of para-hydroxylation sites is 1. The molecule has 0 amide bonds. The Morgan fingerprint density at radius 3 is 2.50 bits per heavy atom. The van der Waals surface area contributed by atoms with Crippen molar-refractivity contribution < 1.29 is 22.3 Å². The first-order valence-electron chi connectivity index (χ1n) is 4.09. The zero-order chi connectivity index (χ0) is 9.10. The Hall–Kier alpha value is 0.120. The highest BCUT2D eigenvalue weighted by atomic mass is 79.9. The monoisotopic (exact) mass is 293 g/mol. The minimum atomic E-state index is 0. The van der Waals surface area contributed by atoms with Crippen molar-refractivity contribution in [3.63, 3.8) is 0 Å². The molecule has 1 fully saturated rings. The van der Waals surface area contributed by atoms with E-state index in [0.29, 0.717) is 5.50 Å². The smallest absolute Gasteiger partial charge is 0.220 e. The topological polar surface area (TPSA) is 54.7 Å². The Labute approximate surface area is 102 Å². The van der Waals surface area contributed by atoms with Gasteiger partial charge in [0.05, 0.1) is 0 Å². The molecule has 1 aliphatic rings. The van der Waals surface area contributed by atoms with Crippen molar-refractivity contribution in [3.05, 3.63) is 30.3 Å². The van der Waals surface area contributed by atoms with E-state index >= 15 is 0 Å². The van der Waals surface area contributed by atoms with E-state index in [9.17, 15) is 0 Å². The first-order chi connectivity index (χ1) is 6.34. The van der Waals surface area contributed by atoms with E-state index in [2.05, 4.69) is 22.8 Å². The van der Waals surface area contributed by atoms with Crippen molar-refractivity contribution in [2.24, 2.45) is 5.73 Å². The molecule has 3 nitrogen and oxygen atoms in total. The number of quaternary nitrogens is 1. The van der Waals surface area contributed by atoms with Gasteiger partial charge in [0, 0.05) is 16.5 Å².